The molecular formula is C33H32N4O5S2. The van der Waals surface area contributed by atoms with Crippen LogP contribution in [0.5, 0.6) is 0 Å². The van der Waals surface area contributed by atoms with Gasteiger partial charge < -0.3 is 5.73 Å². The Morgan fingerprint density at radius 1 is 0.864 bits per heavy atom. The Hall–Kier alpha value is -4.32. The predicted octanol–water partition coefficient (Wildman–Crippen LogP) is 5.01. The number of fused-ring (bicyclic) bond motifs is 1. The summed E-state index contributed by atoms with van der Waals surface area (Å²) in [6.07, 6.45) is 4.46. The maximum atomic E-state index is 14.4. The van der Waals surface area contributed by atoms with Crippen LogP contribution in [0.1, 0.15) is 28.8 Å². The molecule has 1 aliphatic rings. The minimum atomic E-state index is -4.18. The molecule has 226 valence electrons. The predicted molar refractivity (Wildman–Crippen MR) is 173 cm³/mol. The van der Waals surface area contributed by atoms with Gasteiger partial charge in [-0.05, 0) is 54.8 Å². The second-order valence-corrected chi connectivity index (χ2v) is 15.2. The van der Waals surface area contributed by atoms with Gasteiger partial charge >= 0.3 is 0 Å². The lowest BCUT2D eigenvalue weighted by atomic mass is 9.96. The van der Waals surface area contributed by atoms with E-state index in [0.29, 0.717) is 66.5 Å². The van der Waals surface area contributed by atoms with E-state index in [4.69, 9.17) is 5.73 Å². The molecule has 3 aromatic carbocycles. The average molecular weight is 629 g/mol. The number of piperidine rings is 1. The summed E-state index contributed by atoms with van der Waals surface area (Å²) in [4.78, 5) is 19.2. The first kappa shape index (κ1) is 29.7. The van der Waals surface area contributed by atoms with Crippen molar-refractivity contribution in [1.29, 1.82) is 0 Å². The van der Waals surface area contributed by atoms with E-state index < -0.39 is 19.9 Å². The van der Waals surface area contributed by atoms with E-state index in [1.807, 2.05) is 54.6 Å². The fourth-order valence-electron chi connectivity index (χ4n) is 5.98. The molecule has 0 bridgehead atoms. The molecule has 0 unspecified atom stereocenters. The molecule has 0 spiro atoms. The van der Waals surface area contributed by atoms with Crippen molar-refractivity contribution in [2.45, 2.75) is 29.5 Å². The van der Waals surface area contributed by atoms with Gasteiger partial charge in [0, 0.05) is 23.8 Å². The SMILES string of the molecule is CS(=O)(=O)C1CCN(Cc2ccc(-c3c(-c4ccccc4)c4c(C=O)c(N)cnc4n3S(=O)(=O)c3ccccc3)cc2)CC1. The Labute approximate surface area is 256 Å². The zero-order valence-corrected chi connectivity index (χ0v) is 25.8. The number of nitrogens with two attached hydrogens (primary N) is 1. The number of aldehydes is 1. The number of sulfone groups is 1. The lowest BCUT2D eigenvalue weighted by molar-refractivity contribution is 0.112. The average Bonchev–Trinajstić information content (AvgIpc) is 3.38. The first-order valence-corrected chi connectivity index (χ1v) is 17.6. The molecule has 2 N–H and O–H groups in total. The van der Waals surface area contributed by atoms with Gasteiger partial charge in [-0.2, -0.15) is 0 Å². The highest BCUT2D eigenvalue weighted by Crippen LogP contribution is 2.44. The van der Waals surface area contributed by atoms with E-state index in [1.54, 1.807) is 18.2 Å². The lowest BCUT2D eigenvalue weighted by Crippen LogP contribution is -2.38. The molecule has 11 heteroatoms. The standard InChI is InChI=1S/C33H32N4O5S2/c1-43(39,40)26-16-18-36(19-17-26)21-23-12-14-25(15-13-23)32-30(24-8-4-2-5-9-24)31-28(22-38)29(34)20-35-33(31)37(32)44(41,42)27-10-6-3-7-11-27/h2-15,20,22,26H,16-19,21,34H2,1H3. The summed E-state index contributed by atoms with van der Waals surface area (Å²) in [5.41, 5.74) is 9.90. The van der Waals surface area contributed by atoms with Gasteiger partial charge in [-0.15, -0.1) is 0 Å². The Morgan fingerprint density at radius 2 is 1.48 bits per heavy atom. The first-order chi connectivity index (χ1) is 21.1. The summed E-state index contributed by atoms with van der Waals surface area (Å²) in [6.45, 7) is 2.01. The summed E-state index contributed by atoms with van der Waals surface area (Å²) >= 11 is 0. The van der Waals surface area contributed by atoms with Crippen LogP contribution >= 0.6 is 0 Å². The Morgan fingerprint density at radius 3 is 2.07 bits per heavy atom. The second kappa shape index (κ2) is 11.6. The highest BCUT2D eigenvalue weighted by molar-refractivity contribution is 7.91. The van der Waals surface area contributed by atoms with E-state index in [9.17, 15) is 21.6 Å². The highest BCUT2D eigenvalue weighted by Gasteiger charge is 2.32. The molecule has 44 heavy (non-hydrogen) atoms. The maximum Gasteiger partial charge on any atom is 0.269 e. The van der Waals surface area contributed by atoms with Crippen LogP contribution in [0, 0.1) is 0 Å². The number of carbonyl (C=O) groups is 1. The fraction of sp³-hybridized carbons (Fsp3) is 0.212. The summed E-state index contributed by atoms with van der Waals surface area (Å²) in [5, 5.41) is 0.0587. The number of benzene rings is 3. The summed E-state index contributed by atoms with van der Waals surface area (Å²) < 4.78 is 53.9. The molecule has 0 atom stereocenters. The fourth-order valence-corrected chi connectivity index (χ4v) is 8.57. The van der Waals surface area contributed by atoms with Gasteiger partial charge in [0.15, 0.2) is 11.9 Å². The van der Waals surface area contributed by atoms with Gasteiger partial charge in [0.2, 0.25) is 0 Å². The number of nitrogens with zero attached hydrogens (tertiary/aromatic N) is 3. The summed E-state index contributed by atoms with van der Waals surface area (Å²) in [7, 11) is -7.23. The minimum Gasteiger partial charge on any atom is -0.397 e. The number of pyridine rings is 1. The molecule has 3 heterocycles. The van der Waals surface area contributed by atoms with E-state index in [2.05, 4.69) is 9.88 Å². The van der Waals surface area contributed by atoms with Gasteiger partial charge in [-0.1, -0.05) is 72.8 Å². The van der Waals surface area contributed by atoms with Crippen LogP contribution in [-0.2, 0) is 26.4 Å². The van der Waals surface area contributed by atoms with Crippen molar-refractivity contribution in [3.05, 3.63) is 102 Å². The highest BCUT2D eigenvalue weighted by atomic mass is 32.2. The van der Waals surface area contributed by atoms with Gasteiger partial charge in [0.1, 0.15) is 9.84 Å². The number of carbonyl (C=O) groups excluding carboxylic acids is 1. The third kappa shape index (κ3) is 5.42. The van der Waals surface area contributed by atoms with Crippen molar-refractivity contribution in [2.75, 3.05) is 25.1 Å². The molecule has 1 fully saturated rings. The Kier molecular flexibility index (Phi) is 7.87. The largest absolute Gasteiger partial charge is 0.397 e. The molecule has 0 amide bonds. The number of hydrogen-bond acceptors (Lipinski definition) is 8. The maximum absolute atomic E-state index is 14.4. The van der Waals surface area contributed by atoms with Gasteiger partial charge in [0.25, 0.3) is 10.0 Å². The third-order valence-corrected chi connectivity index (χ3v) is 11.6. The monoisotopic (exact) mass is 628 g/mol. The molecule has 0 radical (unpaired) electrons. The molecule has 2 aromatic heterocycles. The molecule has 0 saturated carbocycles. The third-order valence-electron chi connectivity index (χ3n) is 8.25. The van der Waals surface area contributed by atoms with Crippen molar-refractivity contribution >= 4 is 42.9 Å². The Bertz CT molecular complexity index is 2050. The van der Waals surface area contributed by atoms with Crippen molar-refractivity contribution in [3.63, 3.8) is 0 Å². The zero-order chi connectivity index (χ0) is 31.1. The van der Waals surface area contributed by atoms with Gasteiger partial charge in [-0.3, -0.25) is 9.69 Å². The number of rotatable bonds is 8. The van der Waals surface area contributed by atoms with E-state index >= 15 is 0 Å². The normalized spacial score (nSPS) is 15.0. The van der Waals surface area contributed by atoms with Gasteiger partial charge in [0.05, 0.1) is 33.3 Å². The van der Waals surface area contributed by atoms with Gasteiger partial charge in [-0.25, -0.2) is 25.8 Å². The van der Waals surface area contributed by atoms with Crippen LogP contribution in [0.3, 0.4) is 0 Å². The van der Waals surface area contributed by atoms with E-state index in [-0.39, 0.29) is 27.0 Å². The molecule has 1 saturated heterocycles. The van der Waals surface area contributed by atoms with Crippen molar-refractivity contribution in [3.8, 4) is 22.4 Å². The minimum absolute atomic E-state index is 0.0816. The smallest absolute Gasteiger partial charge is 0.269 e. The van der Waals surface area contributed by atoms with E-state index in [1.165, 1.54) is 28.6 Å². The zero-order valence-electron chi connectivity index (χ0n) is 24.1. The molecular weight excluding hydrogens is 597 g/mol. The topological polar surface area (TPSA) is 132 Å². The van der Waals surface area contributed by atoms with Crippen LogP contribution < -0.4 is 5.73 Å². The molecule has 1 aliphatic heterocycles. The van der Waals surface area contributed by atoms with Crippen molar-refractivity contribution < 1.29 is 21.6 Å². The molecule has 9 nitrogen and oxygen atoms in total. The van der Waals surface area contributed by atoms with E-state index in [0.717, 1.165) is 5.56 Å². The Balaban J connectivity index is 1.52. The van der Waals surface area contributed by atoms with Crippen LogP contribution in [-0.4, -0.2) is 61.6 Å². The second-order valence-electron chi connectivity index (χ2n) is 11.1. The number of aromatic nitrogens is 2. The number of anilines is 1. The summed E-state index contributed by atoms with van der Waals surface area (Å²) in [5.74, 6) is 0. The molecule has 5 aromatic rings. The number of nitrogen functional groups attached to an aromatic ring is 1. The molecule has 0 aliphatic carbocycles. The van der Waals surface area contributed by atoms with Crippen molar-refractivity contribution in [1.82, 2.24) is 13.9 Å². The van der Waals surface area contributed by atoms with Crippen LogP contribution in [0.2, 0.25) is 0 Å². The quantitative estimate of drug-likeness (QED) is 0.237. The number of likely N-dealkylation sites (tertiary alicyclic amines) is 1. The van der Waals surface area contributed by atoms with Crippen LogP contribution in [0.25, 0.3) is 33.4 Å². The van der Waals surface area contributed by atoms with Crippen LogP contribution in [0.15, 0.2) is 96.0 Å². The molecule has 6 rings (SSSR count). The number of hydrogen-bond donors (Lipinski definition) is 1. The lowest BCUT2D eigenvalue weighted by Gasteiger charge is -2.31. The van der Waals surface area contributed by atoms with Crippen LogP contribution in [0.4, 0.5) is 5.69 Å². The van der Waals surface area contributed by atoms with Crippen molar-refractivity contribution in [2.24, 2.45) is 0 Å². The summed E-state index contributed by atoms with van der Waals surface area (Å²) in [6, 6.07) is 25.1. The first-order valence-electron chi connectivity index (χ1n) is 14.2.